The second-order valence-corrected chi connectivity index (χ2v) is 13.8. The lowest BCUT2D eigenvalue weighted by Crippen LogP contribution is -2.34. The zero-order chi connectivity index (χ0) is 38.5. The molecule has 0 bridgehead atoms. The second-order valence-electron chi connectivity index (χ2n) is 12.3. The smallest absolute Gasteiger partial charge is 0.472 e. The summed E-state index contributed by atoms with van der Waals surface area (Å²) in [7, 11) is -4.72. The Labute approximate surface area is 312 Å². The van der Waals surface area contributed by atoms with Crippen molar-refractivity contribution in [3.8, 4) is 0 Å². The topological polar surface area (TPSA) is 172 Å². The highest BCUT2D eigenvalue weighted by Crippen LogP contribution is 2.43. The Morgan fingerprint density at radius 3 is 1.58 bits per heavy atom. The molecule has 0 heterocycles. The van der Waals surface area contributed by atoms with Gasteiger partial charge in [0.05, 0.1) is 13.2 Å². The van der Waals surface area contributed by atoms with Gasteiger partial charge in [0.15, 0.2) is 6.10 Å². The first-order valence-electron chi connectivity index (χ1n) is 19.0. The standard InChI is InChI=1S/C40H66NO10P/c1-3-5-7-9-11-13-14-15-16-17-18-19-20-21-22-24-25-27-29-31-38(42)48-33-36(34-49-52(46,47)50-35-37(41)40(44)45)51-39(43)32-30-28-26-23-12-10-8-6-4-2/h5,7,11,13,15-16,18-19,21-22,25,27,36-37H,3-4,6,8-10,12,14,17,20,23-24,26,28-35,41H2,1-2H3,(H,44,45)(H,46,47)/b7-5-,13-11-,16-15-,19-18-,22-21-,27-25-/t36-,37+/m1/s1. The second kappa shape index (κ2) is 35.0. The number of phosphoric acid groups is 1. The molecule has 0 saturated carbocycles. The molecule has 0 aromatic carbocycles. The number of allylic oxidation sites excluding steroid dienone is 12. The van der Waals surface area contributed by atoms with Gasteiger partial charge in [0.25, 0.3) is 0 Å². The van der Waals surface area contributed by atoms with Gasteiger partial charge in [-0.25, -0.2) is 4.57 Å². The van der Waals surface area contributed by atoms with E-state index in [9.17, 15) is 23.8 Å². The third-order valence-corrected chi connectivity index (χ3v) is 8.43. The van der Waals surface area contributed by atoms with Gasteiger partial charge in [-0.1, -0.05) is 138 Å². The lowest BCUT2D eigenvalue weighted by molar-refractivity contribution is -0.161. The van der Waals surface area contributed by atoms with Crippen LogP contribution < -0.4 is 5.73 Å². The van der Waals surface area contributed by atoms with E-state index >= 15 is 0 Å². The Hall–Kier alpha value is -3.08. The fraction of sp³-hybridized carbons (Fsp3) is 0.625. The van der Waals surface area contributed by atoms with E-state index in [-0.39, 0.29) is 19.4 Å². The zero-order valence-electron chi connectivity index (χ0n) is 31.6. The number of rotatable bonds is 34. The van der Waals surface area contributed by atoms with Crippen LogP contribution in [0.15, 0.2) is 72.9 Å². The molecule has 1 unspecified atom stereocenters. The normalized spacial score (nSPS) is 14.7. The number of phosphoric ester groups is 1. The van der Waals surface area contributed by atoms with E-state index in [0.717, 1.165) is 57.8 Å². The SMILES string of the molecule is CC/C=C\C/C=C\C/C=C\C/C=C\C/C=C\C/C=C\CCC(=O)OC[C@H](COP(=O)(O)OC[C@H](N)C(=O)O)OC(=O)CCCCCCCCCCC. The number of carbonyl (C=O) groups excluding carboxylic acids is 2. The van der Waals surface area contributed by atoms with E-state index in [2.05, 4.69) is 79.1 Å². The lowest BCUT2D eigenvalue weighted by Gasteiger charge is -2.20. The van der Waals surface area contributed by atoms with Crippen LogP contribution in [0.2, 0.25) is 0 Å². The summed E-state index contributed by atoms with van der Waals surface area (Å²) in [5.74, 6) is -2.50. The summed E-state index contributed by atoms with van der Waals surface area (Å²) in [5.41, 5.74) is 5.30. The van der Waals surface area contributed by atoms with Crippen molar-refractivity contribution in [2.24, 2.45) is 5.73 Å². The summed E-state index contributed by atoms with van der Waals surface area (Å²) in [5, 5.41) is 8.85. The molecule has 0 aromatic rings. The van der Waals surface area contributed by atoms with Gasteiger partial charge in [0.2, 0.25) is 0 Å². The summed E-state index contributed by atoms with van der Waals surface area (Å²) in [6.07, 6.45) is 40.0. The van der Waals surface area contributed by atoms with Gasteiger partial charge in [-0.15, -0.1) is 0 Å². The van der Waals surface area contributed by atoms with Crippen molar-refractivity contribution in [3.05, 3.63) is 72.9 Å². The number of nitrogens with two attached hydrogens (primary N) is 1. The summed E-state index contributed by atoms with van der Waals surface area (Å²) in [6, 6.07) is -1.53. The monoisotopic (exact) mass is 751 g/mol. The van der Waals surface area contributed by atoms with Crippen LogP contribution in [0.3, 0.4) is 0 Å². The first-order chi connectivity index (χ1) is 25.1. The molecule has 12 heteroatoms. The first-order valence-corrected chi connectivity index (χ1v) is 20.5. The van der Waals surface area contributed by atoms with E-state index in [4.69, 9.17) is 24.8 Å². The molecule has 0 fully saturated rings. The molecule has 0 aliphatic carbocycles. The summed E-state index contributed by atoms with van der Waals surface area (Å²) in [4.78, 5) is 45.6. The van der Waals surface area contributed by atoms with Crippen LogP contribution in [-0.4, -0.2) is 59.9 Å². The van der Waals surface area contributed by atoms with Crippen molar-refractivity contribution >= 4 is 25.7 Å². The number of carboxylic acids is 1. The van der Waals surface area contributed by atoms with Crippen molar-refractivity contribution < 1.29 is 47.5 Å². The molecule has 0 amide bonds. The van der Waals surface area contributed by atoms with Gasteiger partial charge >= 0.3 is 25.7 Å². The minimum absolute atomic E-state index is 0.0941. The molecule has 0 rings (SSSR count). The fourth-order valence-electron chi connectivity index (χ4n) is 4.50. The van der Waals surface area contributed by atoms with Crippen molar-refractivity contribution in [2.75, 3.05) is 19.8 Å². The third kappa shape index (κ3) is 34.0. The highest BCUT2D eigenvalue weighted by molar-refractivity contribution is 7.47. The summed E-state index contributed by atoms with van der Waals surface area (Å²) >= 11 is 0. The summed E-state index contributed by atoms with van der Waals surface area (Å²) < 4.78 is 32.4. The first kappa shape index (κ1) is 48.9. The van der Waals surface area contributed by atoms with Crippen molar-refractivity contribution in [2.45, 2.75) is 142 Å². The number of aliphatic carboxylic acids is 1. The molecule has 0 spiro atoms. The molecule has 0 aliphatic heterocycles. The van der Waals surface area contributed by atoms with Gasteiger partial charge in [0, 0.05) is 12.8 Å². The van der Waals surface area contributed by atoms with Crippen LogP contribution in [-0.2, 0) is 37.5 Å². The molecular weight excluding hydrogens is 685 g/mol. The third-order valence-electron chi connectivity index (χ3n) is 7.48. The number of carboxylic acid groups (broad SMARTS) is 1. The van der Waals surface area contributed by atoms with Crippen molar-refractivity contribution in [1.29, 1.82) is 0 Å². The molecule has 52 heavy (non-hydrogen) atoms. The average Bonchev–Trinajstić information content (AvgIpc) is 3.12. The quantitative estimate of drug-likeness (QED) is 0.0248. The van der Waals surface area contributed by atoms with Crippen LogP contribution in [0.1, 0.15) is 129 Å². The Bertz CT molecular complexity index is 1160. The maximum absolute atomic E-state index is 12.5. The molecule has 0 aliphatic rings. The van der Waals surface area contributed by atoms with Crippen LogP contribution in [0.25, 0.3) is 0 Å². The molecule has 0 saturated heterocycles. The largest absolute Gasteiger partial charge is 0.480 e. The van der Waals surface area contributed by atoms with Crippen LogP contribution in [0.5, 0.6) is 0 Å². The number of unbranched alkanes of at least 4 members (excludes halogenated alkanes) is 8. The van der Waals surface area contributed by atoms with E-state index in [1.165, 1.54) is 32.1 Å². The Kier molecular flexibility index (Phi) is 32.9. The fourth-order valence-corrected chi connectivity index (χ4v) is 5.28. The molecular formula is C40H66NO10P. The highest BCUT2D eigenvalue weighted by Gasteiger charge is 2.28. The van der Waals surface area contributed by atoms with E-state index in [1.54, 1.807) is 0 Å². The number of hydrogen-bond acceptors (Lipinski definition) is 9. The van der Waals surface area contributed by atoms with Gasteiger partial charge in [-0.05, 0) is 51.4 Å². The maximum atomic E-state index is 12.5. The minimum atomic E-state index is -4.72. The average molecular weight is 752 g/mol. The van der Waals surface area contributed by atoms with Gasteiger partial charge in [-0.3, -0.25) is 23.4 Å². The van der Waals surface area contributed by atoms with E-state index in [0.29, 0.717) is 12.8 Å². The number of carbonyl (C=O) groups is 3. The van der Waals surface area contributed by atoms with E-state index < -0.39 is 51.1 Å². The maximum Gasteiger partial charge on any atom is 0.472 e. The Morgan fingerprint density at radius 1 is 0.615 bits per heavy atom. The molecule has 3 atom stereocenters. The minimum Gasteiger partial charge on any atom is -0.480 e. The predicted octanol–water partition coefficient (Wildman–Crippen LogP) is 9.39. The van der Waals surface area contributed by atoms with Crippen LogP contribution >= 0.6 is 7.82 Å². The van der Waals surface area contributed by atoms with Crippen LogP contribution in [0, 0.1) is 0 Å². The molecule has 11 nitrogen and oxygen atoms in total. The Morgan fingerprint density at radius 2 is 1.08 bits per heavy atom. The highest BCUT2D eigenvalue weighted by atomic mass is 31.2. The molecule has 0 radical (unpaired) electrons. The van der Waals surface area contributed by atoms with Crippen molar-refractivity contribution in [3.63, 3.8) is 0 Å². The summed E-state index contributed by atoms with van der Waals surface area (Å²) in [6.45, 7) is 2.55. The zero-order valence-corrected chi connectivity index (χ0v) is 32.5. The predicted molar refractivity (Wildman–Crippen MR) is 207 cm³/mol. The molecule has 4 N–H and O–H groups in total. The van der Waals surface area contributed by atoms with Crippen molar-refractivity contribution in [1.82, 2.24) is 0 Å². The van der Waals surface area contributed by atoms with Gasteiger partial charge in [-0.2, -0.15) is 0 Å². The number of hydrogen-bond donors (Lipinski definition) is 3. The number of esters is 2. The van der Waals surface area contributed by atoms with Crippen LogP contribution in [0.4, 0.5) is 0 Å². The Balaban J connectivity index is 4.53. The number of ether oxygens (including phenoxy) is 2. The lowest BCUT2D eigenvalue weighted by atomic mass is 10.1. The van der Waals surface area contributed by atoms with Gasteiger partial charge < -0.3 is 25.2 Å². The van der Waals surface area contributed by atoms with Gasteiger partial charge in [0.1, 0.15) is 12.6 Å². The van der Waals surface area contributed by atoms with E-state index in [1.807, 2.05) is 12.2 Å². The molecule has 296 valence electrons. The molecule has 0 aromatic heterocycles.